The highest BCUT2D eigenvalue weighted by Crippen LogP contribution is 2.35. The molecule has 0 saturated heterocycles. The number of thiazole rings is 1. The number of carbonyl (C=O) groups excluding carboxylic acids is 1. The van der Waals surface area contributed by atoms with Gasteiger partial charge in [-0.15, -0.1) is 0 Å². The molecule has 0 aliphatic carbocycles. The summed E-state index contributed by atoms with van der Waals surface area (Å²) >= 11 is 3.24. The van der Waals surface area contributed by atoms with Crippen molar-refractivity contribution >= 4 is 34.0 Å². The number of aromatic nitrogens is 2. The van der Waals surface area contributed by atoms with Crippen LogP contribution in [0.15, 0.2) is 24.5 Å². The van der Waals surface area contributed by atoms with E-state index in [2.05, 4.69) is 23.8 Å². The Balaban J connectivity index is 2.22. The molecule has 6 heteroatoms. The topological polar surface area (TPSA) is 46.1 Å². The maximum atomic E-state index is 12.5. The first kappa shape index (κ1) is 17.0. The summed E-state index contributed by atoms with van der Waals surface area (Å²) in [6.45, 7) is 6.11. The molecule has 0 aromatic carbocycles. The van der Waals surface area contributed by atoms with Crippen molar-refractivity contribution in [3.05, 3.63) is 30.2 Å². The average molecular weight is 335 g/mol. The van der Waals surface area contributed by atoms with Gasteiger partial charge in [-0.1, -0.05) is 25.2 Å². The Labute approximate surface area is 140 Å². The van der Waals surface area contributed by atoms with E-state index in [1.807, 2.05) is 32.4 Å². The van der Waals surface area contributed by atoms with E-state index in [0.717, 1.165) is 21.3 Å². The average Bonchev–Trinajstić information content (AvgIpc) is 2.89. The van der Waals surface area contributed by atoms with Gasteiger partial charge in [-0.05, 0) is 25.3 Å². The Morgan fingerprint density at radius 1 is 1.45 bits per heavy atom. The second kappa shape index (κ2) is 6.79. The van der Waals surface area contributed by atoms with Crippen molar-refractivity contribution in [3.8, 4) is 10.6 Å². The van der Waals surface area contributed by atoms with Gasteiger partial charge in [0.2, 0.25) is 5.91 Å². The van der Waals surface area contributed by atoms with Crippen molar-refractivity contribution < 1.29 is 4.79 Å². The molecule has 0 N–H and O–H groups in total. The van der Waals surface area contributed by atoms with Gasteiger partial charge in [0.15, 0.2) is 0 Å². The number of carbonyl (C=O) groups is 1. The number of hydrogen-bond donors (Lipinski definition) is 0. The van der Waals surface area contributed by atoms with E-state index in [-0.39, 0.29) is 10.7 Å². The summed E-state index contributed by atoms with van der Waals surface area (Å²) in [4.78, 5) is 22.9. The van der Waals surface area contributed by atoms with Crippen molar-refractivity contribution in [2.45, 2.75) is 31.9 Å². The minimum absolute atomic E-state index is 0.0594. The Morgan fingerprint density at radius 3 is 2.77 bits per heavy atom. The van der Waals surface area contributed by atoms with Crippen LogP contribution in [-0.4, -0.2) is 33.9 Å². The highest BCUT2D eigenvalue weighted by molar-refractivity contribution is 7.99. The number of nitrogens with zero attached hydrogens (tertiary/aromatic N) is 3. The molecule has 0 bridgehead atoms. The van der Waals surface area contributed by atoms with Crippen molar-refractivity contribution in [2.24, 2.45) is 0 Å². The fourth-order valence-electron chi connectivity index (χ4n) is 1.98. The highest BCUT2D eigenvalue weighted by atomic mass is 32.2. The predicted molar refractivity (Wildman–Crippen MR) is 95.7 cm³/mol. The van der Waals surface area contributed by atoms with Crippen LogP contribution in [0.2, 0.25) is 0 Å². The van der Waals surface area contributed by atoms with Gasteiger partial charge >= 0.3 is 0 Å². The molecule has 1 amide bonds. The summed E-state index contributed by atoms with van der Waals surface area (Å²) in [6, 6.07) is 3.87. The monoisotopic (exact) mass is 335 g/mol. The van der Waals surface area contributed by atoms with Gasteiger partial charge in [0.1, 0.15) is 10.0 Å². The van der Waals surface area contributed by atoms with Crippen LogP contribution in [0.3, 0.4) is 0 Å². The fraction of sp³-hybridized carbons (Fsp3) is 0.438. The normalized spacial score (nSPS) is 11.5. The van der Waals surface area contributed by atoms with Crippen molar-refractivity contribution in [2.75, 3.05) is 18.2 Å². The molecule has 0 unspecified atom stereocenters. The molecule has 0 aliphatic heterocycles. The van der Waals surface area contributed by atoms with E-state index in [0.29, 0.717) is 6.42 Å². The van der Waals surface area contributed by atoms with E-state index >= 15 is 0 Å². The first-order valence-electron chi connectivity index (χ1n) is 7.03. The van der Waals surface area contributed by atoms with Crippen LogP contribution in [-0.2, 0) is 4.79 Å². The number of thioether (sulfide) groups is 1. The van der Waals surface area contributed by atoms with E-state index in [1.165, 1.54) is 11.3 Å². The number of pyridine rings is 1. The van der Waals surface area contributed by atoms with Crippen LogP contribution in [0.5, 0.6) is 0 Å². The molecule has 2 heterocycles. The molecule has 4 nitrogen and oxygen atoms in total. The minimum Gasteiger partial charge on any atom is -0.305 e. The maximum Gasteiger partial charge on any atom is 0.228 e. The fourth-order valence-corrected chi connectivity index (χ4v) is 3.28. The Hall–Kier alpha value is -1.40. The second-order valence-electron chi connectivity index (χ2n) is 5.74. The van der Waals surface area contributed by atoms with Gasteiger partial charge < -0.3 is 4.90 Å². The van der Waals surface area contributed by atoms with E-state index < -0.39 is 0 Å². The number of aryl methyl sites for hydroxylation is 1. The maximum absolute atomic E-state index is 12.5. The third kappa shape index (κ3) is 3.87. The third-order valence-corrected chi connectivity index (χ3v) is 6.02. The zero-order valence-electron chi connectivity index (χ0n) is 13.6. The van der Waals surface area contributed by atoms with Gasteiger partial charge in [0, 0.05) is 36.2 Å². The van der Waals surface area contributed by atoms with Crippen LogP contribution in [0.4, 0.5) is 5.00 Å². The Bertz CT molecular complexity index is 653. The standard InChI is InChI=1S/C16H21N3OS2/c1-11-15(19(4)13(20)9-16(2,3)21-5)22-14(18-11)12-7-6-8-17-10-12/h6-8,10H,9H2,1-5H3. The van der Waals surface area contributed by atoms with Gasteiger partial charge in [-0.25, -0.2) is 4.98 Å². The number of rotatable bonds is 5. The summed E-state index contributed by atoms with van der Waals surface area (Å²) in [5.74, 6) is 0.115. The molecule has 0 aliphatic rings. The molecule has 0 saturated carbocycles. The van der Waals surface area contributed by atoms with Crippen LogP contribution in [0.1, 0.15) is 26.0 Å². The summed E-state index contributed by atoms with van der Waals surface area (Å²) in [5.41, 5.74) is 1.86. The smallest absolute Gasteiger partial charge is 0.228 e. The van der Waals surface area contributed by atoms with Gasteiger partial charge in [0.25, 0.3) is 0 Å². The van der Waals surface area contributed by atoms with Crippen LogP contribution in [0.25, 0.3) is 10.6 Å². The van der Waals surface area contributed by atoms with Crippen molar-refractivity contribution in [1.82, 2.24) is 9.97 Å². The van der Waals surface area contributed by atoms with Crippen LogP contribution >= 0.6 is 23.1 Å². The van der Waals surface area contributed by atoms with E-state index in [4.69, 9.17) is 0 Å². The first-order valence-corrected chi connectivity index (χ1v) is 9.08. The predicted octanol–water partition coefficient (Wildman–Crippen LogP) is 4.01. The molecule has 0 radical (unpaired) electrons. The molecule has 2 aromatic heterocycles. The molecule has 0 fully saturated rings. The molecule has 0 atom stereocenters. The molecular weight excluding hydrogens is 314 g/mol. The van der Waals surface area contributed by atoms with Crippen LogP contribution in [0, 0.1) is 6.92 Å². The summed E-state index contributed by atoms with van der Waals surface area (Å²) in [5, 5.41) is 1.80. The minimum atomic E-state index is -0.0594. The number of anilines is 1. The molecule has 22 heavy (non-hydrogen) atoms. The molecule has 2 aromatic rings. The molecule has 2 rings (SSSR count). The third-order valence-electron chi connectivity index (χ3n) is 3.49. The zero-order valence-corrected chi connectivity index (χ0v) is 15.2. The molecule has 118 valence electrons. The molecular formula is C16H21N3OS2. The second-order valence-corrected chi connectivity index (χ2v) is 8.24. The van der Waals surface area contributed by atoms with Gasteiger partial charge in [0.05, 0.1) is 5.69 Å². The summed E-state index contributed by atoms with van der Waals surface area (Å²) in [7, 11) is 1.83. The van der Waals surface area contributed by atoms with Gasteiger partial charge in [-0.2, -0.15) is 11.8 Å². The van der Waals surface area contributed by atoms with E-state index in [1.54, 1.807) is 29.1 Å². The first-order chi connectivity index (χ1) is 10.3. The number of amides is 1. The lowest BCUT2D eigenvalue weighted by atomic mass is 10.1. The van der Waals surface area contributed by atoms with E-state index in [9.17, 15) is 4.79 Å². The highest BCUT2D eigenvalue weighted by Gasteiger charge is 2.25. The summed E-state index contributed by atoms with van der Waals surface area (Å²) in [6.07, 6.45) is 6.07. The van der Waals surface area contributed by atoms with Crippen molar-refractivity contribution in [3.63, 3.8) is 0 Å². The number of hydrogen-bond acceptors (Lipinski definition) is 5. The quantitative estimate of drug-likeness (QED) is 0.828. The lowest BCUT2D eigenvalue weighted by molar-refractivity contribution is -0.118. The lowest BCUT2D eigenvalue weighted by Crippen LogP contribution is -2.32. The van der Waals surface area contributed by atoms with Gasteiger partial charge in [-0.3, -0.25) is 9.78 Å². The van der Waals surface area contributed by atoms with Crippen molar-refractivity contribution in [1.29, 1.82) is 0 Å². The summed E-state index contributed by atoms with van der Waals surface area (Å²) < 4.78 is -0.0594. The Morgan fingerprint density at radius 2 is 2.18 bits per heavy atom. The SMILES string of the molecule is CSC(C)(C)CC(=O)N(C)c1sc(-c2cccnc2)nc1C. The largest absolute Gasteiger partial charge is 0.305 e. The molecule has 0 spiro atoms. The zero-order chi connectivity index (χ0) is 16.3. The lowest BCUT2D eigenvalue weighted by Gasteiger charge is -2.24. The Kier molecular flexibility index (Phi) is 5.24. The van der Waals surface area contributed by atoms with Crippen LogP contribution < -0.4 is 4.90 Å².